The molecule has 6 nitrogen and oxygen atoms in total. The van der Waals surface area contributed by atoms with E-state index in [0.29, 0.717) is 43.0 Å². The Labute approximate surface area is 142 Å². The number of ether oxygens (including phenoxy) is 2. The van der Waals surface area contributed by atoms with Crippen LogP contribution in [0.25, 0.3) is 0 Å². The van der Waals surface area contributed by atoms with E-state index in [1.54, 1.807) is 18.2 Å². The van der Waals surface area contributed by atoms with Crippen LogP contribution >= 0.6 is 0 Å². The maximum Gasteiger partial charge on any atom is 0.498 e. The maximum atomic E-state index is 11.4. The van der Waals surface area contributed by atoms with Gasteiger partial charge in [-0.2, -0.15) is 0 Å². The molecule has 1 fully saturated rings. The number of methoxy groups -OCH3 is 1. The van der Waals surface area contributed by atoms with E-state index < -0.39 is 7.12 Å². The monoisotopic (exact) mass is 334 g/mol. The van der Waals surface area contributed by atoms with Crippen LogP contribution in [-0.4, -0.2) is 46.3 Å². The molecule has 1 aromatic carbocycles. The van der Waals surface area contributed by atoms with Gasteiger partial charge in [0.15, 0.2) is 0 Å². The Kier molecular flexibility index (Phi) is 6.40. The quantitative estimate of drug-likeness (QED) is 0.326. The molecular weight excluding hydrogens is 311 g/mol. The molecule has 1 aromatic rings. The summed E-state index contributed by atoms with van der Waals surface area (Å²) in [5.74, 6) is 0.260. The summed E-state index contributed by atoms with van der Waals surface area (Å²) in [7, 11) is 0.726. The molecule has 1 aliphatic heterocycles. The summed E-state index contributed by atoms with van der Waals surface area (Å²) in [6.45, 7) is 5.51. The van der Waals surface area contributed by atoms with Crippen molar-refractivity contribution < 1.29 is 28.4 Å². The van der Waals surface area contributed by atoms with E-state index in [1.807, 2.05) is 0 Å². The predicted molar refractivity (Wildman–Crippen MR) is 89.6 cm³/mol. The van der Waals surface area contributed by atoms with Crippen molar-refractivity contribution in [2.45, 2.75) is 26.7 Å². The Hall–Kier alpha value is -1.86. The van der Waals surface area contributed by atoms with Crippen LogP contribution in [-0.2, 0) is 18.8 Å². The largest absolute Gasteiger partial charge is 0.498 e. The van der Waals surface area contributed by atoms with Crippen LogP contribution in [0.4, 0.5) is 0 Å². The highest BCUT2D eigenvalue weighted by Gasteiger charge is 2.36. The number of hydrogen-bond donors (Lipinski definition) is 0. The number of rotatable bonds is 7. The number of carbonyl (C=O) groups excluding carboxylic acids is 2. The standard InChI is InChI=1S/C17H23BO6/c1-17(2)11-23-18(24-12-17)16-13(10-19)6-4-7-14(16)22-9-5-8-15(20)21-3/h4,6-7,10H,5,8-9,11-12H2,1-3H3. The minimum atomic E-state index is -0.630. The summed E-state index contributed by atoms with van der Waals surface area (Å²) in [5.41, 5.74) is 1.01. The molecule has 0 bridgehead atoms. The number of esters is 1. The van der Waals surface area contributed by atoms with Gasteiger partial charge in [-0.15, -0.1) is 0 Å². The lowest BCUT2D eigenvalue weighted by Gasteiger charge is -2.33. The first-order chi connectivity index (χ1) is 11.5. The first-order valence-electron chi connectivity index (χ1n) is 7.98. The van der Waals surface area contributed by atoms with E-state index in [4.69, 9.17) is 14.0 Å². The lowest BCUT2D eigenvalue weighted by Crippen LogP contribution is -2.49. The van der Waals surface area contributed by atoms with E-state index in [2.05, 4.69) is 18.6 Å². The van der Waals surface area contributed by atoms with Gasteiger partial charge >= 0.3 is 13.1 Å². The lowest BCUT2D eigenvalue weighted by molar-refractivity contribution is -0.140. The van der Waals surface area contributed by atoms with Crippen LogP contribution in [0.15, 0.2) is 18.2 Å². The van der Waals surface area contributed by atoms with E-state index in [9.17, 15) is 9.59 Å². The SMILES string of the molecule is COC(=O)CCCOc1cccc(C=O)c1B1OCC(C)(C)CO1. The van der Waals surface area contributed by atoms with Crippen LogP contribution in [0.2, 0.25) is 0 Å². The molecule has 0 radical (unpaired) electrons. The highest BCUT2D eigenvalue weighted by molar-refractivity contribution is 6.63. The van der Waals surface area contributed by atoms with Crippen LogP contribution in [0.5, 0.6) is 5.75 Å². The Bertz CT molecular complexity index is 576. The van der Waals surface area contributed by atoms with Crippen molar-refractivity contribution in [3.8, 4) is 5.75 Å². The smallest absolute Gasteiger partial charge is 0.494 e. The molecule has 0 N–H and O–H groups in total. The lowest BCUT2D eigenvalue weighted by atomic mass is 9.73. The van der Waals surface area contributed by atoms with Gasteiger partial charge in [0, 0.05) is 36.1 Å². The zero-order valence-corrected chi connectivity index (χ0v) is 14.4. The van der Waals surface area contributed by atoms with Gasteiger partial charge in [0.05, 0.1) is 13.7 Å². The molecular formula is C17H23BO6. The summed E-state index contributed by atoms with van der Waals surface area (Å²) in [6.07, 6.45) is 1.57. The molecule has 0 saturated carbocycles. The second kappa shape index (κ2) is 8.30. The van der Waals surface area contributed by atoms with E-state index in [-0.39, 0.29) is 17.8 Å². The van der Waals surface area contributed by atoms with Crippen LogP contribution < -0.4 is 10.2 Å². The third kappa shape index (κ3) is 4.82. The van der Waals surface area contributed by atoms with Crippen molar-refractivity contribution >= 4 is 24.8 Å². The molecule has 2 rings (SSSR count). The fourth-order valence-electron chi connectivity index (χ4n) is 2.40. The molecule has 0 amide bonds. The molecule has 1 aliphatic rings. The van der Waals surface area contributed by atoms with Crippen molar-refractivity contribution in [1.82, 2.24) is 0 Å². The average molecular weight is 334 g/mol. The Morgan fingerprint density at radius 2 is 2.04 bits per heavy atom. The molecule has 7 heteroatoms. The third-order valence-electron chi connectivity index (χ3n) is 3.72. The molecule has 0 unspecified atom stereocenters. The van der Waals surface area contributed by atoms with Gasteiger partial charge in [-0.3, -0.25) is 9.59 Å². The van der Waals surface area contributed by atoms with Gasteiger partial charge in [-0.05, 0) is 12.5 Å². The predicted octanol–water partition coefficient (Wildman–Crippen LogP) is 1.60. The molecule has 130 valence electrons. The van der Waals surface area contributed by atoms with Gasteiger partial charge in [0.1, 0.15) is 12.0 Å². The first-order valence-corrected chi connectivity index (χ1v) is 7.98. The van der Waals surface area contributed by atoms with Gasteiger partial charge in [-0.25, -0.2) is 0 Å². The molecule has 1 heterocycles. The number of aldehydes is 1. The highest BCUT2D eigenvalue weighted by atomic mass is 16.6. The highest BCUT2D eigenvalue weighted by Crippen LogP contribution is 2.23. The summed E-state index contributed by atoms with van der Waals surface area (Å²) in [6, 6.07) is 5.22. The molecule has 24 heavy (non-hydrogen) atoms. The fourth-order valence-corrected chi connectivity index (χ4v) is 2.40. The van der Waals surface area contributed by atoms with E-state index in [0.717, 1.165) is 6.29 Å². The second-order valence-electron chi connectivity index (χ2n) is 6.52. The molecule has 0 aliphatic carbocycles. The van der Waals surface area contributed by atoms with Gasteiger partial charge in [0.2, 0.25) is 0 Å². The summed E-state index contributed by atoms with van der Waals surface area (Å²) in [5, 5.41) is 0. The van der Waals surface area contributed by atoms with Crippen LogP contribution in [0, 0.1) is 5.41 Å². The topological polar surface area (TPSA) is 71.1 Å². The van der Waals surface area contributed by atoms with Crippen molar-refractivity contribution in [1.29, 1.82) is 0 Å². The number of hydrogen-bond acceptors (Lipinski definition) is 6. The molecule has 0 spiro atoms. The van der Waals surface area contributed by atoms with Crippen molar-refractivity contribution in [2.75, 3.05) is 26.9 Å². The van der Waals surface area contributed by atoms with Crippen molar-refractivity contribution in [2.24, 2.45) is 5.41 Å². The third-order valence-corrected chi connectivity index (χ3v) is 3.72. The van der Waals surface area contributed by atoms with Crippen molar-refractivity contribution in [3.63, 3.8) is 0 Å². The zero-order valence-electron chi connectivity index (χ0n) is 14.4. The number of carbonyl (C=O) groups is 2. The summed E-state index contributed by atoms with van der Waals surface area (Å²) < 4.78 is 21.9. The Balaban J connectivity index is 2.08. The van der Waals surface area contributed by atoms with Gasteiger partial charge in [0.25, 0.3) is 0 Å². The van der Waals surface area contributed by atoms with Crippen molar-refractivity contribution in [3.05, 3.63) is 23.8 Å². The van der Waals surface area contributed by atoms with E-state index >= 15 is 0 Å². The van der Waals surface area contributed by atoms with Gasteiger partial charge in [-0.1, -0.05) is 26.0 Å². The molecule has 0 aromatic heterocycles. The minimum Gasteiger partial charge on any atom is -0.494 e. The molecule has 1 saturated heterocycles. The Morgan fingerprint density at radius 1 is 1.33 bits per heavy atom. The molecule has 0 atom stereocenters. The van der Waals surface area contributed by atoms with Crippen LogP contribution in [0.1, 0.15) is 37.0 Å². The summed E-state index contributed by atoms with van der Waals surface area (Å²) in [4.78, 5) is 22.5. The maximum absolute atomic E-state index is 11.4. The first kappa shape index (κ1) is 18.5. The fraction of sp³-hybridized carbons (Fsp3) is 0.529. The van der Waals surface area contributed by atoms with Gasteiger partial charge < -0.3 is 18.8 Å². The zero-order chi connectivity index (χ0) is 17.6. The van der Waals surface area contributed by atoms with Crippen LogP contribution in [0.3, 0.4) is 0 Å². The Morgan fingerprint density at radius 3 is 2.67 bits per heavy atom. The second-order valence-corrected chi connectivity index (χ2v) is 6.52. The normalized spacial score (nSPS) is 16.5. The summed E-state index contributed by atoms with van der Waals surface area (Å²) >= 11 is 0. The number of benzene rings is 1. The average Bonchev–Trinajstić information content (AvgIpc) is 2.58. The minimum absolute atomic E-state index is 0.0614. The van der Waals surface area contributed by atoms with E-state index in [1.165, 1.54) is 7.11 Å².